The molecule has 4 unspecified atom stereocenters. The van der Waals surface area contributed by atoms with Crippen LogP contribution in [0, 0.1) is 13.8 Å². The molecule has 0 aromatic heterocycles. The molecule has 12 heteroatoms. The summed E-state index contributed by atoms with van der Waals surface area (Å²) in [4.78, 5) is -0.333. The summed E-state index contributed by atoms with van der Waals surface area (Å²) in [7, 11) is -8.47. The minimum atomic E-state index is -4.23. The van der Waals surface area contributed by atoms with Crippen LogP contribution in [0.4, 0.5) is 0 Å². The van der Waals surface area contributed by atoms with Crippen LogP contribution in [0.25, 0.3) is 0 Å². The molecule has 2 aromatic rings. The minimum Gasteiger partial charge on any atom is -0.388 e. The van der Waals surface area contributed by atoms with Crippen LogP contribution in [0.5, 0.6) is 0 Å². The van der Waals surface area contributed by atoms with E-state index in [-0.39, 0.29) is 9.79 Å². The molecule has 0 amide bonds. The van der Waals surface area contributed by atoms with Gasteiger partial charge in [0.2, 0.25) is 0 Å². The standard InChI is InChI=1S/C20H26O10S2/c1-13-3-7-15(8-4-13)31(25,26)29-11-17(21)19(23)20(24)18(22)12-30-32(27,28)16-9-5-14(2)6-10-16/h3-10,17-24H,11-12H2,1-2H3. The third-order valence-electron chi connectivity index (χ3n) is 4.55. The quantitative estimate of drug-likeness (QED) is 0.311. The molecule has 4 N–H and O–H groups in total. The third-order valence-corrected chi connectivity index (χ3v) is 7.14. The van der Waals surface area contributed by atoms with Gasteiger partial charge < -0.3 is 20.4 Å². The van der Waals surface area contributed by atoms with Gasteiger partial charge in [-0.1, -0.05) is 35.4 Å². The highest BCUT2D eigenvalue weighted by atomic mass is 32.2. The molecule has 0 saturated carbocycles. The average molecular weight is 491 g/mol. The first-order valence-electron chi connectivity index (χ1n) is 9.48. The molecule has 0 fully saturated rings. The number of aliphatic hydroxyl groups is 4. The fraction of sp³-hybridized carbons (Fsp3) is 0.400. The number of benzene rings is 2. The molecule has 0 heterocycles. The lowest BCUT2D eigenvalue weighted by atomic mass is 10.0. The largest absolute Gasteiger partial charge is 0.388 e. The second kappa shape index (κ2) is 10.8. The third kappa shape index (κ3) is 7.05. The summed E-state index contributed by atoms with van der Waals surface area (Å²) in [5, 5.41) is 39.9. The monoisotopic (exact) mass is 490 g/mol. The smallest absolute Gasteiger partial charge is 0.297 e. The first-order valence-corrected chi connectivity index (χ1v) is 12.3. The van der Waals surface area contributed by atoms with E-state index < -0.39 is 57.9 Å². The summed E-state index contributed by atoms with van der Waals surface area (Å²) in [6.07, 6.45) is -7.92. The molecule has 4 atom stereocenters. The van der Waals surface area contributed by atoms with E-state index in [0.29, 0.717) is 0 Å². The summed E-state index contributed by atoms with van der Waals surface area (Å²) in [5.74, 6) is 0. The van der Waals surface area contributed by atoms with Crippen LogP contribution in [0.2, 0.25) is 0 Å². The van der Waals surface area contributed by atoms with Gasteiger partial charge in [-0.05, 0) is 38.1 Å². The predicted octanol–water partition coefficient (Wildman–Crippen LogP) is -0.142. The summed E-state index contributed by atoms with van der Waals surface area (Å²) in [6, 6.07) is 11.4. The van der Waals surface area contributed by atoms with Crippen molar-refractivity contribution in [1.29, 1.82) is 0 Å². The fourth-order valence-corrected chi connectivity index (χ4v) is 4.37. The zero-order valence-corrected chi connectivity index (χ0v) is 19.0. The van der Waals surface area contributed by atoms with E-state index in [4.69, 9.17) is 8.37 Å². The molecule has 0 aliphatic carbocycles. The van der Waals surface area contributed by atoms with Gasteiger partial charge in [0.1, 0.15) is 24.4 Å². The lowest BCUT2D eigenvalue weighted by Gasteiger charge is -2.26. The second-order valence-electron chi connectivity index (χ2n) is 7.22. The first kappa shape index (κ1) is 26.4. The van der Waals surface area contributed by atoms with E-state index in [0.717, 1.165) is 11.1 Å². The summed E-state index contributed by atoms with van der Waals surface area (Å²) in [6.45, 7) is 1.70. The Morgan fingerprint density at radius 1 is 0.625 bits per heavy atom. The summed E-state index contributed by atoms with van der Waals surface area (Å²) < 4.78 is 57.9. The van der Waals surface area contributed by atoms with Gasteiger partial charge >= 0.3 is 0 Å². The van der Waals surface area contributed by atoms with Crippen LogP contribution in [0.3, 0.4) is 0 Å². The maximum Gasteiger partial charge on any atom is 0.297 e. The van der Waals surface area contributed by atoms with Gasteiger partial charge in [0.25, 0.3) is 20.2 Å². The number of aliphatic hydroxyl groups excluding tert-OH is 4. The van der Waals surface area contributed by atoms with E-state index in [1.807, 2.05) is 0 Å². The van der Waals surface area contributed by atoms with Crippen LogP contribution in [-0.4, -0.2) is 74.9 Å². The van der Waals surface area contributed by atoms with Crippen molar-refractivity contribution in [3.05, 3.63) is 59.7 Å². The van der Waals surface area contributed by atoms with Crippen molar-refractivity contribution >= 4 is 20.2 Å². The highest BCUT2D eigenvalue weighted by Crippen LogP contribution is 2.17. The highest BCUT2D eigenvalue weighted by molar-refractivity contribution is 7.87. The van der Waals surface area contributed by atoms with Crippen molar-refractivity contribution in [3.63, 3.8) is 0 Å². The van der Waals surface area contributed by atoms with Gasteiger partial charge in [-0.3, -0.25) is 8.37 Å². The maximum atomic E-state index is 12.1. The van der Waals surface area contributed by atoms with E-state index in [1.165, 1.54) is 24.3 Å². The molecule has 0 bridgehead atoms. The number of rotatable bonds is 11. The Hall–Kier alpha value is -1.90. The van der Waals surface area contributed by atoms with Crippen molar-refractivity contribution < 1.29 is 45.6 Å². The van der Waals surface area contributed by atoms with Gasteiger partial charge in [-0.15, -0.1) is 0 Å². The Balaban J connectivity index is 1.91. The Kier molecular flexibility index (Phi) is 8.90. The highest BCUT2D eigenvalue weighted by Gasteiger charge is 2.33. The first-order chi connectivity index (χ1) is 14.8. The molecule has 0 saturated heterocycles. The molecule has 2 aromatic carbocycles. The van der Waals surface area contributed by atoms with Gasteiger partial charge in [0, 0.05) is 0 Å². The number of hydrogen-bond acceptors (Lipinski definition) is 10. The summed E-state index contributed by atoms with van der Waals surface area (Å²) in [5.41, 5.74) is 1.64. The number of hydrogen-bond donors (Lipinski definition) is 4. The van der Waals surface area contributed by atoms with Gasteiger partial charge in [0.05, 0.1) is 23.0 Å². The molecule has 178 valence electrons. The molecule has 2 rings (SSSR count). The lowest BCUT2D eigenvalue weighted by Crippen LogP contribution is -2.48. The zero-order valence-electron chi connectivity index (χ0n) is 17.4. The fourth-order valence-electron chi connectivity index (χ4n) is 2.52. The second-order valence-corrected chi connectivity index (χ2v) is 10.4. The van der Waals surface area contributed by atoms with Crippen molar-refractivity contribution in [2.75, 3.05) is 13.2 Å². The molecule has 0 aliphatic heterocycles. The van der Waals surface area contributed by atoms with Crippen LogP contribution < -0.4 is 0 Å². The molecular formula is C20H26O10S2. The van der Waals surface area contributed by atoms with Crippen molar-refractivity contribution in [1.82, 2.24) is 0 Å². The SMILES string of the molecule is Cc1ccc(S(=O)(=O)OCC(O)C(O)C(O)C(O)COS(=O)(=O)c2ccc(C)cc2)cc1. The lowest BCUT2D eigenvalue weighted by molar-refractivity contribution is -0.118. The average Bonchev–Trinajstić information content (AvgIpc) is 2.75. The maximum absolute atomic E-state index is 12.1. The number of aryl methyl sites for hydroxylation is 2. The molecule has 0 aliphatic rings. The van der Waals surface area contributed by atoms with E-state index in [2.05, 4.69) is 0 Å². The van der Waals surface area contributed by atoms with E-state index in [1.54, 1.807) is 38.1 Å². The van der Waals surface area contributed by atoms with Crippen molar-refractivity contribution in [3.8, 4) is 0 Å². The van der Waals surface area contributed by atoms with Gasteiger partial charge in [-0.25, -0.2) is 0 Å². The Morgan fingerprint density at radius 3 is 1.19 bits per heavy atom. The Labute approximate surface area is 186 Å². The van der Waals surface area contributed by atoms with Crippen LogP contribution in [0.1, 0.15) is 11.1 Å². The van der Waals surface area contributed by atoms with Crippen molar-refractivity contribution in [2.24, 2.45) is 0 Å². The molecule has 0 spiro atoms. The predicted molar refractivity (Wildman–Crippen MR) is 113 cm³/mol. The molecule has 32 heavy (non-hydrogen) atoms. The van der Waals surface area contributed by atoms with Crippen LogP contribution in [0.15, 0.2) is 58.3 Å². The normalized spacial score (nSPS) is 16.3. The Bertz CT molecular complexity index is 991. The van der Waals surface area contributed by atoms with E-state index in [9.17, 15) is 37.3 Å². The molecule has 0 radical (unpaired) electrons. The van der Waals surface area contributed by atoms with Crippen LogP contribution in [-0.2, 0) is 28.6 Å². The van der Waals surface area contributed by atoms with Gasteiger partial charge in [0.15, 0.2) is 0 Å². The van der Waals surface area contributed by atoms with Gasteiger partial charge in [-0.2, -0.15) is 16.8 Å². The van der Waals surface area contributed by atoms with Crippen LogP contribution >= 0.6 is 0 Å². The Morgan fingerprint density at radius 2 is 0.906 bits per heavy atom. The zero-order chi connectivity index (χ0) is 24.1. The van der Waals surface area contributed by atoms with Crippen molar-refractivity contribution in [2.45, 2.75) is 48.1 Å². The molecule has 10 nitrogen and oxygen atoms in total. The topological polar surface area (TPSA) is 168 Å². The van der Waals surface area contributed by atoms with E-state index >= 15 is 0 Å². The summed E-state index contributed by atoms with van der Waals surface area (Å²) >= 11 is 0. The minimum absolute atomic E-state index is 0.167. The molecular weight excluding hydrogens is 464 g/mol.